The monoisotopic (exact) mass is 263 g/mol. The van der Waals surface area contributed by atoms with Gasteiger partial charge in [0.2, 0.25) is 0 Å². The predicted octanol–water partition coefficient (Wildman–Crippen LogP) is 2.79. The van der Waals surface area contributed by atoms with Gasteiger partial charge in [-0.05, 0) is 13.1 Å². The van der Waals surface area contributed by atoms with Crippen LogP contribution in [0.2, 0.25) is 0 Å². The van der Waals surface area contributed by atoms with Gasteiger partial charge in [-0.1, -0.05) is 6.07 Å². The largest absolute Gasteiger partial charge is 0.507 e. The Morgan fingerprint density at radius 2 is 2.00 bits per heavy atom. The number of methoxy groups -OCH3 is 1. The van der Waals surface area contributed by atoms with E-state index in [1.54, 1.807) is 19.2 Å². The summed E-state index contributed by atoms with van der Waals surface area (Å²) in [6.07, 6.45) is -5.02. The normalized spacial score (nSPS) is 11.9. The van der Waals surface area contributed by atoms with Crippen LogP contribution < -0.4 is 4.74 Å². The highest BCUT2D eigenvalue weighted by Crippen LogP contribution is 2.25. The average molecular weight is 263 g/mol. The van der Waals surface area contributed by atoms with Gasteiger partial charge in [-0.15, -0.1) is 0 Å². The Hall–Kier alpha value is -1.43. The van der Waals surface area contributed by atoms with Gasteiger partial charge < -0.3 is 14.7 Å². The fourth-order valence-corrected chi connectivity index (χ4v) is 1.49. The van der Waals surface area contributed by atoms with Gasteiger partial charge in [0.05, 0.1) is 13.5 Å². The van der Waals surface area contributed by atoms with Gasteiger partial charge in [-0.2, -0.15) is 13.2 Å². The van der Waals surface area contributed by atoms with E-state index < -0.39 is 12.6 Å². The molecule has 1 rings (SSSR count). The Labute approximate surface area is 104 Å². The molecule has 1 aromatic rings. The zero-order chi connectivity index (χ0) is 13.8. The average Bonchev–Trinajstić information content (AvgIpc) is 2.28. The molecule has 0 unspecified atom stereocenters. The van der Waals surface area contributed by atoms with E-state index in [-0.39, 0.29) is 18.8 Å². The van der Waals surface area contributed by atoms with E-state index in [9.17, 15) is 18.3 Å². The number of benzene rings is 1. The molecule has 0 spiro atoms. The minimum atomic E-state index is -4.16. The third-order valence-electron chi connectivity index (χ3n) is 2.51. The zero-order valence-electron chi connectivity index (χ0n) is 10.3. The van der Waals surface area contributed by atoms with Crippen LogP contribution in [0.4, 0.5) is 13.2 Å². The van der Waals surface area contributed by atoms with Crippen LogP contribution in [-0.2, 0) is 6.54 Å². The Morgan fingerprint density at radius 1 is 1.33 bits per heavy atom. The molecule has 6 heteroatoms. The van der Waals surface area contributed by atoms with Gasteiger partial charge in [0.25, 0.3) is 0 Å². The van der Waals surface area contributed by atoms with E-state index in [1.807, 2.05) is 0 Å². The summed E-state index contributed by atoms with van der Waals surface area (Å²) in [6.45, 7) is 0.154. The first-order chi connectivity index (χ1) is 8.31. The molecule has 3 nitrogen and oxygen atoms in total. The van der Waals surface area contributed by atoms with Crippen molar-refractivity contribution < 1.29 is 23.0 Å². The minimum Gasteiger partial charge on any atom is -0.507 e. The molecule has 1 N–H and O–H groups in total. The van der Waals surface area contributed by atoms with Gasteiger partial charge in [-0.3, -0.25) is 0 Å². The molecular weight excluding hydrogens is 247 g/mol. The molecule has 0 atom stereocenters. The van der Waals surface area contributed by atoms with Crippen molar-refractivity contribution >= 4 is 0 Å². The van der Waals surface area contributed by atoms with E-state index in [0.717, 1.165) is 0 Å². The Balaban J connectivity index is 2.56. The molecule has 0 radical (unpaired) electrons. The van der Waals surface area contributed by atoms with Crippen molar-refractivity contribution in [1.82, 2.24) is 4.90 Å². The zero-order valence-corrected chi connectivity index (χ0v) is 10.3. The van der Waals surface area contributed by atoms with Crippen molar-refractivity contribution in [3.8, 4) is 11.5 Å². The lowest BCUT2D eigenvalue weighted by Gasteiger charge is -2.18. The molecule has 0 saturated heterocycles. The van der Waals surface area contributed by atoms with E-state index in [2.05, 4.69) is 0 Å². The SMILES string of the molecule is COc1ccc(CN(C)CCC(F)(F)F)c(O)c1. The molecule has 0 aliphatic rings. The second-order valence-electron chi connectivity index (χ2n) is 4.10. The van der Waals surface area contributed by atoms with Crippen molar-refractivity contribution in [2.75, 3.05) is 20.7 Å². The van der Waals surface area contributed by atoms with Gasteiger partial charge in [0.15, 0.2) is 0 Å². The molecule has 0 aromatic heterocycles. The third-order valence-corrected chi connectivity index (χ3v) is 2.51. The highest BCUT2D eigenvalue weighted by atomic mass is 19.4. The molecule has 0 aliphatic heterocycles. The fraction of sp³-hybridized carbons (Fsp3) is 0.500. The van der Waals surface area contributed by atoms with Crippen molar-refractivity contribution in [3.63, 3.8) is 0 Å². The molecule has 102 valence electrons. The number of aromatic hydroxyl groups is 1. The first kappa shape index (κ1) is 14.6. The maximum Gasteiger partial charge on any atom is 0.390 e. The second kappa shape index (κ2) is 5.95. The quantitative estimate of drug-likeness (QED) is 0.886. The Kier molecular flexibility index (Phi) is 4.84. The van der Waals surface area contributed by atoms with Crippen LogP contribution in [-0.4, -0.2) is 36.9 Å². The number of nitrogens with zero attached hydrogens (tertiary/aromatic N) is 1. The summed E-state index contributed by atoms with van der Waals surface area (Å²) in [4.78, 5) is 1.51. The van der Waals surface area contributed by atoms with E-state index in [4.69, 9.17) is 4.74 Å². The molecule has 0 aliphatic carbocycles. The first-order valence-electron chi connectivity index (χ1n) is 5.43. The van der Waals surface area contributed by atoms with Crippen molar-refractivity contribution in [3.05, 3.63) is 23.8 Å². The molecule has 0 heterocycles. The predicted molar refractivity (Wildman–Crippen MR) is 61.7 cm³/mol. The number of hydrogen-bond donors (Lipinski definition) is 1. The smallest absolute Gasteiger partial charge is 0.390 e. The van der Waals surface area contributed by atoms with Crippen LogP contribution in [0.25, 0.3) is 0 Å². The van der Waals surface area contributed by atoms with Crippen molar-refractivity contribution in [2.45, 2.75) is 19.1 Å². The summed E-state index contributed by atoms with van der Waals surface area (Å²) in [5.41, 5.74) is 0.570. The van der Waals surface area contributed by atoms with Crippen LogP contribution in [0.5, 0.6) is 11.5 Å². The number of ether oxygens (including phenoxy) is 1. The first-order valence-corrected chi connectivity index (χ1v) is 5.43. The van der Waals surface area contributed by atoms with Gasteiger partial charge in [-0.25, -0.2) is 0 Å². The summed E-state index contributed by atoms with van der Waals surface area (Å²) in [6, 6.07) is 4.73. The van der Waals surface area contributed by atoms with Crippen LogP contribution >= 0.6 is 0 Å². The number of phenols is 1. The number of halogens is 3. The molecule has 0 saturated carbocycles. The molecule has 0 fully saturated rings. The molecular formula is C12H16F3NO2. The summed E-state index contributed by atoms with van der Waals surface area (Å²) < 4.78 is 41.0. The number of rotatable bonds is 5. The van der Waals surface area contributed by atoms with Crippen molar-refractivity contribution in [1.29, 1.82) is 0 Å². The number of alkyl halides is 3. The second-order valence-corrected chi connectivity index (χ2v) is 4.10. The van der Waals surface area contributed by atoms with Crippen LogP contribution in [0.15, 0.2) is 18.2 Å². The summed E-state index contributed by atoms with van der Waals surface area (Å²) >= 11 is 0. The minimum absolute atomic E-state index is 0.0215. The molecule has 0 bridgehead atoms. The lowest BCUT2D eigenvalue weighted by Crippen LogP contribution is -2.24. The van der Waals surface area contributed by atoms with Crippen LogP contribution in [0.1, 0.15) is 12.0 Å². The third kappa shape index (κ3) is 4.83. The summed E-state index contributed by atoms with van der Waals surface area (Å²) in [5.74, 6) is 0.530. The number of phenolic OH excluding ortho intramolecular Hbond substituents is 1. The lowest BCUT2D eigenvalue weighted by molar-refractivity contribution is -0.137. The van der Waals surface area contributed by atoms with Gasteiger partial charge in [0, 0.05) is 24.7 Å². The van der Waals surface area contributed by atoms with Gasteiger partial charge in [0.1, 0.15) is 11.5 Å². The topological polar surface area (TPSA) is 32.7 Å². The Bertz CT molecular complexity index is 393. The van der Waals surface area contributed by atoms with Gasteiger partial charge >= 0.3 is 6.18 Å². The highest BCUT2D eigenvalue weighted by molar-refractivity contribution is 5.39. The number of hydrogen-bond acceptors (Lipinski definition) is 3. The molecule has 0 amide bonds. The fourth-order valence-electron chi connectivity index (χ4n) is 1.49. The van der Waals surface area contributed by atoms with E-state index >= 15 is 0 Å². The standard InChI is InChI=1S/C12H16F3NO2/c1-16(6-5-12(13,14)15)8-9-3-4-10(18-2)7-11(9)17/h3-4,7,17H,5-6,8H2,1-2H3. The summed E-state index contributed by atoms with van der Waals surface area (Å²) in [5, 5.41) is 9.67. The van der Waals surface area contributed by atoms with Crippen LogP contribution in [0, 0.1) is 0 Å². The lowest BCUT2D eigenvalue weighted by atomic mass is 10.2. The molecule has 1 aromatic carbocycles. The molecule has 18 heavy (non-hydrogen) atoms. The van der Waals surface area contributed by atoms with E-state index in [0.29, 0.717) is 11.3 Å². The maximum absolute atomic E-state index is 12.0. The summed E-state index contributed by atoms with van der Waals surface area (Å²) in [7, 11) is 3.05. The van der Waals surface area contributed by atoms with Crippen molar-refractivity contribution in [2.24, 2.45) is 0 Å². The highest BCUT2D eigenvalue weighted by Gasteiger charge is 2.27. The van der Waals surface area contributed by atoms with E-state index in [1.165, 1.54) is 18.1 Å². The van der Waals surface area contributed by atoms with Crippen LogP contribution in [0.3, 0.4) is 0 Å². The maximum atomic E-state index is 12.0. The Morgan fingerprint density at radius 3 is 2.50 bits per heavy atom.